The van der Waals surface area contributed by atoms with Gasteiger partial charge in [-0.3, -0.25) is 0 Å². The lowest BCUT2D eigenvalue weighted by atomic mass is 10.4. The molecular weight excluding hydrogens is 282 g/mol. The number of rotatable bonds is 6. The third-order valence-corrected chi connectivity index (χ3v) is 4.72. The van der Waals surface area contributed by atoms with E-state index in [0.717, 1.165) is 11.5 Å². The van der Waals surface area contributed by atoms with Gasteiger partial charge in [0.2, 0.25) is 15.3 Å². The standard InChI is InChI=1S/C9H14ClN3O2S2/c1-3-16-6-7(2)13-17(14,15)8-4-11-9(10)12-5-8/h4-5,7,13H,3,6H2,1-2H3. The number of thioether (sulfide) groups is 1. The first-order valence-electron chi connectivity index (χ1n) is 5.03. The second-order valence-electron chi connectivity index (χ2n) is 3.37. The van der Waals surface area contributed by atoms with E-state index in [2.05, 4.69) is 14.7 Å². The molecule has 0 aliphatic carbocycles. The molecule has 0 aliphatic rings. The molecular formula is C9H14ClN3O2S2. The highest BCUT2D eigenvalue weighted by Crippen LogP contribution is 2.10. The summed E-state index contributed by atoms with van der Waals surface area (Å²) in [7, 11) is -3.55. The average molecular weight is 296 g/mol. The van der Waals surface area contributed by atoms with Crippen molar-refractivity contribution in [3.8, 4) is 0 Å². The van der Waals surface area contributed by atoms with Gasteiger partial charge in [-0.1, -0.05) is 6.92 Å². The van der Waals surface area contributed by atoms with Crippen LogP contribution >= 0.6 is 23.4 Å². The molecule has 0 amide bonds. The first-order chi connectivity index (χ1) is 7.95. The highest BCUT2D eigenvalue weighted by molar-refractivity contribution is 7.99. The molecule has 1 aromatic heterocycles. The monoisotopic (exact) mass is 295 g/mol. The third kappa shape index (κ3) is 4.79. The smallest absolute Gasteiger partial charge is 0.225 e. The first kappa shape index (κ1) is 14.7. The summed E-state index contributed by atoms with van der Waals surface area (Å²) in [5, 5.41) is 0.0264. The van der Waals surface area contributed by atoms with Crippen LogP contribution in [0.15, 0.2) is 17.3 Å². The lowest BCUT2D eigenvalue weighted by Gasteiger charge is -2.12. The number of halogens is 1. The fourth-order valence-electron chi connectivity index (χ4n) is 1.10. The van der Waals surface area contributed by atoms with Crippen LogP contribution in [0, 0.1) is 0 Å². The fraction of sp³-hybridized carbons (Fsp3) is 0.556. The Morgan fingerprint density at radius 2 is 2.06 bits per heavy atom. The van der Waals surface area contributed by atoms with Gasteiger partial charge in [-0.15, -0.1) is 0 Å². The van der Waals surface area contributed by atoms with Gasteiger partial charge in [0, 0.05) is 11.8 Å². The topological polar surface area (TPSA) is 72.0 Å². The van der Waals surface area contributed by atoms with E-state index < -0.39 is 10.0 Å². The fourth-order valence-corrected chi connectivity index (χ4v) is 3.11. The van der Waals surface area contributed by atoms with Gasteiger partial charge in [-0.05, 0) is 24.3 Å². The molecule has 0 bridgehead atoms. The Balaban J connectivity index is 2.71. The zero-order valence-electron chi connectivity index (χ0n) is 9.55. The Labute approximate surface area is 110 Å². The van der Waals surface area contributed by atoms with E-state index in [-0.39, 0.29) is 16.2 Å². The quantitative estimate of drug-likeness (QED) is 0.806. The molecule has 0 radical (unpaired) electrons. The van der Waals surface area contributed by atoms with Gasteiger partial charge in [0.05, 0.1) is 12.4 Å². The molecule has 0 fully saturated rings. The average Bonchev–Trinajstić information content (AvgIpc) is 2.26. The number of nitrogens with zero attached hydrogens (tertiary/aromatic N) is 2. The van der Waals surface area contributed by atoms with Gasteiger partial charge >= 0.3 is 0 Å². The van der Waals surface area contributed by atoms with Crippen LogP contribution < -0.4 is 4.72 Å². The van der Waals surface area contributed by atoms with Crippen LogP contribution in [0.25, 0.3) is 0 Å². The molecule has 5 nitrogen and oxygen atoms in total. The molecule has 0 saturated carbocycles. The van der Waals surface area contributed by atoms with Crippen molar-refractivity contribution in [1.82, 2.24) is 14.7 Å². The maximum Gasteiger partial charge on any atom is 0.243 e. The molecule has 1 N–H and O–H groups in total. The molecule has 1 aromatic rings. The van der Waals surface area contributed by atoms with Crippen LogP contribution in [0.2, 0.25) is 5.28 Å². The molecule has 0 aromatic carbocycles. The summed E-state index contributed by atoms with van der Waals surface area (Å²) in [4.78, 5) is 7.31. The number of hydrogen-bond acceptors (Lipinski definition) is 5. The lowest BCUT2D eigenvalue weighted by Crippen LogP contribution is -2.34. The number of aromatic nitrogens is 2. The van der Waals surface area contributed by atoms with E-state index in [4.69, 9.17) is 11.6 Å². The van der Waals surface area contributed by atoms with Crippen LogP contribution in [-0.2, 0) is 10.0 Å². The van der Waals surface area contributed by atoms with E-state index in [9.17, 15) is 8.42 Å². The Bertz CT molecular complexity index is 450. The molecule has 1 heterocycles. The van der Waals surface area contributed by atoms with Crippen LogP contribution in [0.1, 0.15) is 13.8 Å². The number of nitrogens with one attached hydrogen (secondary N) is 1. The van der Waals surface area contributed by atoms with Crippen LogP contribution in [0.4, 0.5) is 0 Å². The SMILES string of the molecule is CCSCC(C)NS(=O)(=O)c1cnc(Cl)nc1. The molecule has 0 aliphatic heterocycles. The van der Waals surface area contributed by atoms with Gasteiger partial charge < -0.3 is 0 Å². The van der Waals surface area contributed by atoms with Gasteiger partial charge in [-0.2, -0.15) is 11.8 Å². The van der Waals surface area contributed by atoms with Crippen molar-refractivity contribution in [1.29, 1.82) is 0 Å². The van der Waals surface area contributed by atoms with E-state index in [1.165, 1.54) is 12.4 Å². The zero-order chi connectivity index (χ0) is 12.9. The molecule has 0 saturated heterocycles. The van der Waals surface area contributed by atoms with Crippen LogP contribution in [0.3, 0.4) is 0 Å². The molecule has 8 heteroatoms. The van der Waals surface area contributed by atoms with Crippen LogP contribution in [0.5, 0.6) is 0 Å². The van der Waals surface area contributed by atoms with E-state index in [1.54, 1.807) is 11.8 Å². The largest absolute Gasteiger partial charge is 0.243 e. The highest BCUT2D eigenvalue weighted by Gasteiger charge is 2.17. The minimum absolute atomic E-state index is 0.0234. The predicted octanol–water partition coefficient (Wildman–Crippen LogP) is 1.55. The molecule has 0 spiro atoms. The van der Waals surface area contributed by atoms with E-state index in [0.29, 0.717) is 0 Å². The lowest BCUT2D eigenvalue weighted by molar-refractivity contribution is 0.570. The Kier molecular flexibility index (Phi) is 5.64. The predicted molar refractivity (Wildman–Crippen MR) is 69.8 cm³/mol. The van der Waals surface area contributed by atoms with Crippen molar-refractivity contribution in [2.24, 2.45) is 0 Å². The molecule has 96 valence electrons. The molecule has 1 rings (SSSR count). The summed E-state index contributed by atoms with van der Waals surface area (Å²) in [6, 6.07) is -0.138. The molecule has 1 unspecified atom stereocenters. The van der Waals surface area contributed by atoms with Crippen molar-refractivity contribution >= 4 is 33.4 Å². The Morgan fingerprint density at radius 1 is 1.47 bits per heavy atom. The van der Waals surface area contributed by atoms with Crippen LogP contribution in [-0.4, -0.2) is 35.9 Å². The van der Waals surface area contributed by atoms with Crippen molar-refractivity contribution < 1.29 is 8.42 Å². The van der Waals surface area contributed by atoms with Gasteiger partial charge in [0.1, 0.15) is 4.90 Å². The summed E-state index contributed by atoms with van der Waals surface area (Å²) < 4.78 is 26.3. The van der Waals surface area contributed by atoms with Crippen molar-refractivity contribution in [2.75, 3.05) is 11.5 Å². The van der Waals surface area contributed by atoms with Gasteiger partial charge in [0.25, 0.3) is 0 Å². The number of hydrogen-bond donors (Lipinski definition) is 1. The van der Waals surface area contributed by atoms with E-state index in [1.807, 2.05) is 13.8 Å². The van der Waals surface area contributed by atoms with Crippen molar-refractivity contribution in [2.45, 2.75) is 24.8 Å². The number of sulfonamides is 1. The minimum Gasteiger partial charge on any atom is -0.225 e. The maximum atomic E-state index is 11.9. The summed E-state index contributed by atoms with van der Waals surface area (Å²) >= 11 is 7.17. The summed E-state index contributed by atoms with van der Waals surface area (Å²) in [6.45, 7) is 3.84. The summed E-state index contributed by atoms with van der Waals surface area (Å²) in [6.07, 6.45) is 2.38. The summed E-state index contributed by atoms with van der Waals surface area (Å²) in [5.74, 6) is 1.68. The first-order valence-corrected chi connectivity index (χ1v) is 8.05. The second-order valence-corrected chi connectivity index (χ2v) is 6.74. The van der Waals surface area contributed by atoms with Gasteiger partial charge in [-0.25, -0.2) is 23.1 Å². The third-order valence-electron chi connectivity index (χ3n) is 1.84. The second kappa shape index (κ2) is 6.53. The zero-order valence-corrected chi connectivity index (χ0v) is 11.9. The van der Waals surface area contributed by atoms with Crippen molar-refractivity contribution in [3.05, 3.63) is 17.7 Å². The molecule has 17 heavy (non-hydrogen) atoms. The van der Waals surface area contributed by atoms with Gasteiger partial charge in [0.15, 0.2) is 0 Å². The van der Waals surface area contributed by atoms with E-state index >= 15 is 0 Å². The van der Waals surface area contributed by atoms with Crippen molar-refractivity contribution in [3.63, 3.8) is 0 Å². The normalized spacial score (nSPS) is 13.6. The minimum atomic E-state index is -3.55. The summed E-state index contributed by atoms with van der Waals surface area (Å²) in [5.41, 5.74) is 0. The molecule has 1 atom stereocenters. The maximum absolute atomic E-state index is 11.9. The Hall–Kier alpha value is -0.370. The highest BCUT2D eigenvalue weighted by atomic mass is 35.5. The Morgan fingerprint density at radius 3 is 2.59 bits per heavy atom.